The van der Waals surface area contributed by atoms with E-state index >= 15 is 0 Å². The summed E-state index contributed by atoms with van der Waals surface area (Å²) in [7, 11) is -3.81. The summed E-state index contributed by atoms with van der Waals surface area (Å²) in [5.74, 6) is 0.598. The first-order valence-electron chi connectivity index (χ1n) is 8.91. The molecule has 0 amide bonds. The van der Waals surface area contributed by atoms with Crippen molar-refractivity contribution < 1.29 is 13.2 Å². The highest BCUT2D eigenvalue weighted by atomic mass is 35.5. The number of rotatable bonds is 7. The summed E-state index contributed by atoms with van der Waals surface area (Å²) in [5.41, 5.74) is 3.08. The van der Waals surface area contributed by atoms with Gasteiger partial charge in [0.1, 0.15) is 10.9 Å². The fourth-order valence-electron chi connectivity index (χ4n) is 2.61. The van der Waals surface area contributed by atoms with Crippen LogP contribution in [0.5, 0.6) is 5.75 Å². The van der Waals surface area contributed by atoms with Crippen LogP contribution in [0.15, 0.2) is 58.5 Å². The molecule has 0 fully saturated rings. The summed E-state index contributed by atoms with van der Waals surface area (Å²) < 4.78 is 31.7. The number of hydrogen-bond donors (Lipinski definition) is 1. The molecule has 1 N–H and O–H groups in total. The van der Waals surface area contributed by atoms with Gasteiger partial charge in [0, 0.05) is 0 Å². The largest absolute Gasteiger partial charge is 0.494 e. The number of halogens is 1. The van der Waals surface area contributed by atoms with Crippen LogP contribution in [0.4, 0.5) is 0 Å². The molecule has 29 heavy (non-hydrogen) atoms. The van der Waals surface area contributed by atoms with E-state index in [1.165, 1.54) is 18.3 Å². The standard InChI is InChI=1S/C20H21ClN4O3S/c1-4-28-17-9-11-18(12-10-17)29(26,27)24-22-13-19-15(3)23-25(20(19)21)16-7-5-14(2)6-8-16/h5-13,24H,4H2,1-3H3/b22-13+. The number of ether oxygens (including phenoxy) is 1. The van der Waals surface area contributed by atoms with Gasteiger partial charge in [-0.3, -0.25) is 0 Å². The van der Waals surface area contributed by atoms with E-state index in [0.29, 0.717) is 28.8 Å². The van der Waals surface area contributed by atoms with Crippen LogP contribution in [0.3, 0.4) is 0 Å². The van der Waals surface area contributed by atoms with E-state index in [9.17, 15) is 8.42 Å². The van der Waals surface area contributed by atoms with Gasteiger partial charge in [-0.1, -0.05) is 29.3 Å². The molecular formula is C20H21ClN4O3S. The first-order chi connectivity index (χ1) is 13.8. The van der Waals surface area contributed by atoms with Crippen molar-refractivity contribution in [2.75, 3.05) is 6.61 Å². The molecule has 0 radical (unpaired) electrons. The predicted molar refractivity (Wildman–Crippen MR) is 114 cm³/mol. The third-order valence-corrected chi connectivity index (χ3v) is 5.74. The van der Waals surface area contributed by atoms with E-state index in [2.05, 4.69) is 15.0 Å². The first-order valence-corrected chi connectivity index (χ1v) is 10.8. The molecule has 0 aliphatic heterocycles. The monoisotopic (exact) mass is 432 g/mol. The van der Waals surface area contributed by atoms with Crippen LogP contribution in [0, 0.1) is 13.8 Å². The number of hydrazone groups is 1. The lowest BCUT2D eigenvalue weighted by atomic mass is 10.2. The maximum Gasteiger partial charge on any atom is 0.276 e. The van der Waals surface area contributed by atoms with Crippen LogP contribution in [0.25, 0.3) is 5.69 Å². The van der Waals surface area contributed by atoms with Crippen molar-refractivity contribution in [2.45, 2.75) is 25.7 Å². The van der Waals surface area contributed by atoms with E-state index in [1.807, 2.05) is 38.1 Å². The van der Waals surface area contributed by atoms with Crippen molar-refractivity contribution in [3.8, 4) is 11.4 Å². The Balaban J connectivity index is 1.78. The SMILES string of the molecule is CCOc1ccc(S(=O)(=O)N/N=C/c2c(C)nn(-c3ccc(C)cc3)c2Cl)cc1. The molecule has 1 heterocycles. The van der Waals surface area contributed by atoms with E-state index in [-0.39, 0.29) is 4.90 Å². The van der Waals surface area contributed by atoms with E-state index in [4.69, 9.17) is 16.3 Å². The van der Waals surface area contributed by atoms with Crippen LogP contribution in [-0.2, 0) is 10.0 Å². The topological polar surface area (TPSA) is 85.6 Å². The highest BCUT2D eigenvalue weighted by molar-refractivity contribution is 7.89. The minimum atomic E-state index is -3.81. The molecule has 0 aliphatic carbocycles. The van der Waals surface area contributed by atoms with E-state index in [1.54, 1.807) is 23.7 Å². The Morgan fingerprint density at radius 1 is 1.14 bits per heavy atom. The molecular weight excluding hydrogens is 412 g/mol. The first kappa shape index (κ1) is 20.9. The van der Waals surface area contributed by atoms with Gasteiger partial charge >= 0.3 is 0 Å². The van der Waals surface area contributed by atoms with Crippen molar-refractivity contribution >= 4 is 27.8 Å². The van der Waals surface area contributed by atoms with Gasteiger partial charge in [0.15, 0.2) is 0 Å². The average Bonchev–Trinajstić information content (AvgIpc) is 2.97. The second-order valence-corrected chi connectivity index (χ2v) is 8.31. The smallest absolute Gasteiger partial charge is 0.276 e. The number of benzene rings is 2. The second kappa shape index (κ2) is 8.67. The molecule has 0 aliphatic rings. The Kier molecular flexibility index (Phi) is 6.24. The quantitative estimate of drug-likeness (QED) is 0.453. The van der Waals surface area contributed by atoms with Crippen molar-refractivity contribution in [3.05, 3.63) is 70.5 Å². The van der Waals surface area contributed by atoms with Gasteiger partial charge in [-0.2, -0.15) is 18.6 Å². The van der Waals surface area contributed by atoms with Crippen LogP contribution >= 0.6 is 11.6 Å². The van der Waals surface area contributed by atoms with Gasteiger partial charge in [0.25, 0.3) is 10.0 Å². The summed E-state index contributed by atoms with van der Waals surface area (Å²) in [6.45, 7) is 6.13. The van der Waals surface area contributed by atoms with Gasteiger partial charge in [0.05, 0.1) is 34.7 Å². The molecule has 9 heteroatoms. The zero-order chi connectivity index (χ0) is 21.0. The zero-order valence-corrected chi connectivity index (χ0v) is 17.8. The molecule has 7 nitrogen and oxygen atoms in total. The van der Waals surface area contributed by atoms with Crippen LogP contribution < -0.4 is 9.57 Å². The van der Waals surface area contributed by atoms with Crippen LogP contribution in [0.1, 0.15) is 23.7 Å². The van der Waals surface area contributed by atoms with Crippen LogP contribution in [-0.4, -0.2) is 31.0 Å². The van der Waals surface area contributed by atoms with Gasteiger partial charge in [-0.15, -0.1) is 0 Å². The Morgan fingerprint density at radius 3 is 2.41 bits per heavy atom. The molecule has 0 saturated carbocycles. The number of aromatic nitrogens is 2. The lowest BCUT2D eigenvalue weighted by Crippen LogP contribution is -2.18. The Labute approximate surface area is 175 Å². The molecule has 2 aromatic carbocycles. The highest BCUT2D eigenvalue weighted by Gasteiger charge is 2.15. The number of hydrogen-bond acceptors (Lipinski definition) is 5. The third-order valence-electron chi connectivity index (χ3n) is 4.14. The predicted octanol–water partition coefficient (Wildman–Crippen LogP) is 3.85. The summed E-state index contributed by atoms with van der Waals surface area (Å²) in [4.78, 5) is 2.27. The second-order valence-electron chi connectivity index (χ2n) is 6.29. The van der Waals surface area contributed by atoms with Crippen molar-refractivity contribution in [1.82, 2.24) is 14.6 Å². The van der Waals surface area contributed by atoms with Crippen molar-refractivity contribution in [1.29, 1.82) is 0 Å². The summed E-state index contributed by atoms with van der Waals surface area (Å²) in [6.07, 6.45) is 1.35. The summed E-state index contributed by atoms with van der Waals surface area (Å²) in [5, 5.41) is 8.62. The molecule has 0 atom stereocenters. The molecule has 3 aromatic rings. The zero-order valence-electron chi connectivity index (χ0n) is 16.3. The van der Waals surface area contributed by atoms with E-state index < -0.39 is 10.0 Å². The van der Waals surface area contributed by atoms with Gasteiger partial charge in [-0.25, -0.2) is 9.51 Å². The molecule has 0 spiro atoms. The Hall–Kier alpha value is -2.84. The molecule has 0 saturated heterocycles. The molecule has 1 aromatic heterocycles. The number of sulfonamides is 1. The fraction of sp³-hybridized carbons (Fsp3) is 0.200. The minimum Gasteiger partial charge on any atom is -0.494 e. The Bertz CT molecular complexity index is 1120. The fourth-order valence-corrected chi connectivity index (χ4v) is 3.72. The number of aryl methyl sites for hydroxylation is 2. The van der Waals surface area contributed by atoms with Gasteiger partial charge in [-0.05, 0) is 57.2 Å². The third kappa shape index (κ3) is 4.78. The molecule has 3 rings (SSSR count). The highest BCUT2D eigenvalue weighted by Crippen LogP contribution is 2.22. The summed E-state index contributed by atoms with van der Waals surface area (Å²) in [6, 6.07) is 13.8. The Morgan fingerprint density at radius 2 is 1.79 bits per heavy atom. The number of nitrogens with one attached hydrogen (secondary N) is 1. The molecule has 0 bridgehead atoms. The van der Waals surface area contributed by atoms with Crippen molar-refractivity contribution in [3.63, 3.8) is 0 Å². The van der Waals surface area contributed by atoms with Crippen LogP contribution in [0.2, 0.25) is 5.15 Å². The summed E-state index contributed by atoms with van der Waals surface area (Å²) >= 11 is 6.44. The van der Waals surface area contributed by atoms with Crippen molar-refractivity contribution in [2.24, 2.45) is 5.10 Å². The maximum atomic E-state index is 12.4. The lowest BCUT2D eigenvalue weighted by molar-refractivity contribution is 0.340. The van der Waals surface area contributed by atoms with E-state index in [0.717, 1.165) is 11.3 Å². The molecule has 0 unspecified atom stereocenters. The van der Waals surface area contributed by atoms with Gasteiger partial charge < -0.3 is 4.74 Å². The molecule has 152 valence electrons. The normalized spacial score (nSPS) is 11.7. The lowest BCUT2D eigenvalue weighted by Gasteiger charge is -2.06. The average molecular weight is 433 g/mol. The number of nitrogens with zero attached hydrogens (tertiary/aromatic N) is 3. The maximum absolute atomic E-state index is 12.4. The van der Waals surface area contributed by atoms with Gasteiger partial charge in [0.2, 0.25) is 0 Å². The minimum absolute atomic E-state index is 0.0799.